The summed E-state index contributed by atoms with van der Waals surface area (Å²) in [4.78, 5) is 12.2. The minimum atomic E-state index is 0.519. The zero-order valence-corrected chi connectivity index (χ0v) is 13.4. The molecule has 0 bridgehead atoms. The van der Waals surface area contributed by atoms with Gasteiger partial charge < -0.3 is 0 Å². The average Bonchev–Trinajstić information content (AvgIpc) is 3.01. The lowest BCUT2D eigenvalue weighted by atomic mass is 9.97. The monoisotopic (exact) mass is 306 g/mol. The summed E-state index contributed by atoms with van der Waals surface area (Å²) >= 11 is 8.36. The van der Waals surface area contributed by atoms with Gasteiger partial charge in [-0.25, -0.2) is 9.97 Å². The quantitative estimate of drug-likeness (QED) is 0.683. The molecule has 2 nitrogen and oxygen atoms in total. The van der Waals surface area contributed by atoms with Crippen molar-refractivity contribution in [2.75, 3.05) is 0 Å². The zero-order valence-electron chi connectivity index (χ0n) is 11.8. The highest BCUT2D eigenvalue weighted by Crippen LogP contribution is 2.41. The molecule has 0 radical (unpaired) electrons. The minimum absolute atomic E-state index is 0.519. The average molecular weight is 307 g/mol. The lowest BCUT2D eigenvalue weighted by molar-refractivity contribution is 0.586. The summed E-state index contributed by atoms with van der Waals surface area (Å²) in [6.07, 6.45) is 8.65. The molecular weight excluding hydrogens is 288 g/mol. The minimum Gasteiger partial charge on any atom is -0.222 e. The summed E-state index contributed by atoms with van der Waals surface area (Å²) in [5.74, 6) is 2.31. The fraction of sp³-hybridized carbons (Fsp3) is 0.625. The second kappa shape index (κ2) is 4.96. The number of halogens is 1. The van der Waals surface area contributed by atoms with E-state index in [1.165, 1.54) is 49.0 Å². The molecule has 0 aromatic carbocycles. The Bertz CT molecular complexity index is 664. The molecule has 0 spiro atoms. The van der Waals surface area contributed by atoms with Crippen molar-refractivity contribution in [2.24, 2.45) is 5.92 Å². The van der Waals surface area contributed by atoms with Crippen LogP contribution in [0.15, 0.2) is 0 Å². The van der Waals surface area contributed by atoms with Crippen LogP contribution in [0.1, 0.15) is 61.2 Å². The van der Waals surface area contributed by atoms with Crippen LogP contribution in [-0.4, -0.2) is 9.97 Å². The Kier molecular flexibility index (Phi) is 3.23. The number of fused-ring (bicyclic) bond motifs is 3. The topological polar surface area (TPSA) is 25.8 Å². The molecule has 2 heterocycles. The Labute approximate surface area is 128 Å². The van der Waals surface area contributed by atoms with Gasteiger partial charge >= 0.3 is 0 Å². The van der Waals surface area contributed by atoms with E-state index >= 15 is 0 Å². The highest BCUT2D eigenvalue weighted by atomic mass is 35.5. The van der Waals surface area contributed by atoms with Gasteiger partial charge in [-0.1, -0.05) is 18.5 Å². The van der Waals surface area contributed by atoms with E-state index in [0.29, 0.717) is 11.1 Å². The molecular formula is C16H19ClN2S. The number of hydrogen-bond acceptors (Lipinski definition) is 3. The fourth-order valence-corrected chi connectivity index (χ4v) is 5.37. The number of nitrogens with zero attached hydrogens (tertiary/aromatic N) is 2. The van der Waals surface area contributed by atoms with Crippen molar-refractivity contribution in [1.82, 2.24) is 9.97 Å². The Hall–Kier alpha value is -0.670. The number of rotatable bonds is 1. The van der Waals surface area contributed by atoms with Gasteiger partial charge in [0.25, 0.3) is 0 Å². The van der Waals surface area contributed by atoms with E-state index in [1.807, 2.05) is 11.3 Å². The van der Waals surface area contributed by atoms with Crippen LogP contribution in [0.25, 0.3) is 10.2 Å². The van der Waals surface area contributed by atoms with Gasteiger partial charge in [-0.2, -0.15) is 0 Å². The largest absolute Gasteiger partial charge is 0.222 e. The molecule has 2 aromatic rings. The van der Waals surface area contributed by atoms with Crippen molar-refractivity contribution >= 4 is 33.2 Å². The van der Waals surface area contributed by atoms with Crippen LogP contribution >= 0.6 is 22.9 Å². The summed E-state index contributed by atoms with van der Waals surface area (Å²) in [6.45, 7) is 2.32. The number of aromatic nitrogens is 2. The summed E-state index contributed by atoms with van der Waals surface area (Å²) in [6, 6.07) is 0. The number of thiophene rings is 1. The van der Waals surface area contributed by atoms with E-state index in [4.69, 9.17) is 16.6 Å². The third kappa shape index (κ3) is 2.06. The number of hydrogen-bond donors (Lipinski definition) is 0. The highest BCUT2D eigenvalue weighted by molar-refractivity contribution is 7.19. The molecule has 0 saturated heterocycles. The molecule has 4 rings (SSSR count). The fourth-order valence-electron chi connectivity index (χ4n) is 3.75. The Morgan fingerprint density at radius 2 is 2.00 bits per heavy atom. The van der Waals surface area contributed by atoms with Crippen molar-refractivity contribution in [3.05, 3.63) is 21.4 Å². The van der Waals surface area contributed by atoms with E-state index in [2.05, 4.69) is 11.9 Å². The first-order valence-corrected chi connectivity index (χ1v) is 8.89. The van der Waals surface area contributed by atoms with Crippen LogP contribution in [0.4, 0.5) is 0 Å². The third-order valence-corrected chi connectivity index (χ3v) is 6.31. The number of aryl methyl sites for hydroxylation is 2. The molecule has 0 aliphatic heterocycles. The van der Waals surface area contributed by atoms with Gasteiger partial charge in [0, 0.05) is 10.8 Å². The van der Waals surface area contributed by atoms with E-state index < -0.39 is 0 Å². The van der Waals surface area contributed by atoms with Crippen LogP contribution in [0.2, 0.25) is 5.15 Å². The summed E-state index contributed by atoms with van der Waals surface area (Å²) in [7, 11) is 0. The summed E-state index contributed by atoms with van der Waals surface area (Å²) < 4.78 is 0. The first kappa shape index (κ1) is 13.0. The molecule has 0 amide bonds. The van der Waals surface area contributed by atoms with Gasteiger partial charge in [-0.3, -0.25) is 0 Å². The first-order chi connectivity index (χ1) is 9.72. The van der Waals surface area contributed by atoms with E-state index in [0.717, 1.165) is 28.4 Å². The SMILES string of the molecule is CC1CCC(c2nc(Cl)c3c4c(sc3n2)CCCC4)C1. The van der Waals surface area contributed by atoms with Crippen molar-refractivity contribution < 1.29 is 0 Å². The van der Waals surface area contributed by atoms with Crippen LogP contribution in [0, 0.1) is 5.92 Å². The molecule has 2 aromatic heterocycles. The van der Waals surface area contributed by atoms with Crippen molar-refractivity contribution in [1.29, 1.82) is 0 Å². The second-order valence-corrected chi connectivity index (χ2v) is 7.82. The molecule has 106 valence electrons. The van der Waals surface area contributed by atoms with Crippen molar-refractivity contribution in [2.45, 2.75) is 57.8 Å². The molecule has 4 heteroatoms. The van der Waals surface area contributed by atoms with Crippen molar-refractivity contribution in [3.8, 4) is 0 Å². The van der Waals surface area contributed by atoms with Gasteiger partial charge in [0.2, 0.25) is 0 Å². The molecule has 2 aliphatic rings. The molecule has 2 unspecified atom stereocenters. The first-order valence-electron chi connectivity index (χ1n) is 7.70. The van der Waals surface area contributed by atoms with Gasteiger partial charge in [0.1, 0.15) is 15.8 Å². The van der Waals surface area contributed by atoms with Gasteiger partial charge in [-0.15, -0.1) is 11.3 Å². The Balaban J connectivity index is 1.82. The normalized spacial score (nSPS) is 26.1. The molecule has 20 heavy (non-hydrogen) atoms. The predicted molar refractivity (Wildman–Crippen MR) is 84.8 cm³/mol. The maximum atomic E-state index is 6.51. The molecule has 2 aliphatic carbocycles. The van der Waals surface area contributed by atoms with E-state index in [-0.39, 0.29) is 0 Å². The maximum Gasteiger partial charge on any atom is 0.141 e. The highest BCUT2D eigenvalue weighted by Gasteiger charge is 2.27. The zero-order chi connectivity index (χ0) is 13.7. The van der Waals surface area contributed by atoms with E-state index in [1.54, 1.807) is 0 Å². The van der Waals surface area contributed by atoms with Crippen LogP contribution in [0.3, 0.4) is 0 Å². The standard InChI is InChI=1S/C16H19ClN2S/c1-9-6-7-10(8-9)15-18-14(17)13-11-4-2-3-5-12(11)20-16(13)19-15/h9-10H,2-8H2,1H3. The predicted octanol–water partition coefficient (Wildman–Crippen LogP) is 5.13. The van der Waals surface area contributed by atoms with Crippen molar-refractivity contribution in [3.63, 3.8) is 0 Å². The molecule has 0 N–H and O–H groups in total. The molecule has 2 atom stereocenters. The maximum absolute atomic E-state index is 6.51. The summed E-state index contributed by atoms with van der Waals surface area (Å²) in [5, 5.41) is 1.85. The molecule has 1 saturated carbocycles. The van der Waals surface area contributed by atoms with Gasteiger partial charge in [0.05, 0.1) is 5.39 Å². The van der Waals surface area contributed by atoms with Crippen LogP contribution in [-0.2, 0) is 12.8 Å². The van der Waals surface area contributed by atoms with Crippen LogP contribution in [0.5, 0.6) is 0 Å². The van der Waals surface area contributed by atoms with Gasteiger partial charge in [-0.05, 0) is 56.4 Å². The smallest absolute Gasteiger partial charge is 0.141 e. The Morgan fingerprint density at radius 3 is 2.80 bits per heavy atom. The summed E-state index contributed by atoms with van der Waals surface area (Å²) in [5.41, 5.74) is 1.44. The third-order valence-electron chi connectivity index (χ3n) is 4.85. The molecule has 1 fully saturated rings. The van der Waals surface area contributed by atoms with Crippen LogP contribution < -0.4 is 0 Å². The lowest BCUT2D eigenvalue weighted by Gasteiger charge is -2.11. The Morgan fingerprint density at radius 1 is 1.15 bits per heavy atom. The lowest BCUT2D eigenvalue weighted by Crippen LogP contribution is -2.02. The van der Waals surface area contributed by atoms with E-state index in [9.17, 15) is 0 Å². The van der Waals surface area contributed by atoms with Gasteiger partial charge in [0.15, 0.2) is 0 Å². The second-order valence-electron chi connectivity index (χ2n) is 6.38.